The third-order valence-electron chi connectivity index (χ3n) is 4.86. The number of furan rings is 1. The van der Waals surface area contributed by atoms with Gasteiger partial charge in [-0.3, -0.25) is 9.59 Å². The van der Waals surface area contributed by atoms with E-state index in [0.717, 1.165) is 18.9 Å². The molecule has 2 aliphatic rings. The highest BCUT2D eigenvalue weighted by Crippen LogP contribution is 2.22. The lowest BCUT2D eigenvalue weighted by Gasteiger charge is -2.27. The number of carbonyl (C=O) groups excluding carboxylic acids is 2. The van der Waals surface area contributed by atoms with E-state index in [2.05, 4.69) is 15.2 Å². The normalized spacial score (nSPS) is 20.1. The number of nitrogens with one attached hydrogen (secondary N) is 1. The number of hydrogen-bond donors (Lipinski definition) is 1. The molecule has 2 aromatic rings. The number of amides is 2. The third kappa shape index (κ3) is 4.11. The molecule has 0 spiro atoms. The van der Waals surface area contributed by atoms with Crippen LogP contribution in [0.25, 0.3) is 0 Å². The van der Waals surface area contributed by atoms with Crippen molar-refractivity contribution in [1.82, 2.24) is 9.88 Å². The summed E-state index contributed by atoms with van der Waals surface area (Å²) in [6.45, 7) is 3.81. The minimum atomic E-state index is -0.369. The smallest absolute Gasteiger partial charge is 0.229 e. The van der Waals surface area contributed by atoms with Gasteiger partial charge in [0, 0.05) is 26.1 Å². The van der Waals surface area contributed by atoms with Gasteiger partial charge in [-0.2, -0.15) is 0 Å². The van der Waals surface area contributed by atoms with Gasteiger partial charge in [0.25, 0.3) is 0 Å². The predicted octanol–water partition coefficient (Wildman–Crippen LogP) is 1.50. The van der Waals surface area contributed by atoms with E-state index in [1.807, 2.05) is 18.2 Å². The lowest BCUT2D eigenvalue weighted by Crippen LogP contribution is -2.36. The lowest BCUT2D eigenvalue weighted by molar-refractivity contribution is -0.128. The number of likely N-dealkylation sites (tertiary alicyclic amines) is 1. The first kappa shape index (κ1) is 17.5. The van der Waals surface area contributed by atoms with E-state index in [1.165, 1.54) is 0 Å². The molecule has 2 saturated heterocycles. The van der Waals surface area contributed by atoms with E-state index < -0.39 is 0 Å². The molecule has 2 aromatic heterocycles. The molecule has 0 aromatic carbocycles. The number of rotatable bonds is 5. The van der Waals surface area contributed by atoms with Crippen molar-refractivity contribution >= 4 is 23.3 Å². The standard InChI is InChI=1S/C19H22N4O4/c24-18-10-14(12-23(18)13-16-2-1-7-27-16)19(25)21-15-3-4-17(20-11-15)22-5-8-26-9-6-22/h1-4,7,11,14H,5-6,8-10,12-13H2,(H,21,25)/t14-/m0/s1. The molecule has 4 rings (SSSR count). The number of morpholine rings is 1. The first-order valence-electron chi connectivity index (χ1n) is 9.09. The van der Waals surface area contributed by atoms with Gasteiger partial charge in [0.15, 0.2) is 0 Å². The van der Waals surface area contributed by atoms with Crippen LogP contribution in [0.2, 0.25) is 0 Å². The first-order chi connectivity index (χ1) is 13.2. The fourth-order valence-corrected chi connectivity index (χ4v) is 3.38. The highest BCUT2D eigenvalue weighted by atomic mass is 16.5. The Balaban J connectivity index is 1.33. The van der Waals surface area contributed by atoms with Crippen LogP contribution in [0, 0.1) is 5.92 Å². The van der Waals surface area contributed by atoms with Crippen LogP contribution in [-0.2, 0) is 20.9 Å². The van der Waals surface area contributed by atoms with Crippen molar-refractivity contribution in [2.24, 2.45) is 5.92 Å². The van der Waals surface area contributed by atoms with Crippen molar-refractivity contribution in [2.75, 3.05) is 43.1 Å². The number of ether oxygens (including phenoxy) is 1. The fraction of sp³-hybridized carbons (Fsp3) is 0.421. The van der Waals surface area contributed by atoms with Crippen LogP contribution in [0.4, 0.5) is 11.5 Å². The highest BCUT2D eigenvalue weighted by Gasteiger charge is 2.34. The molecule has 27 heavy (non-hydrogen) atoms. The van der Waals surface area contributed by atoms with E-state index in [-0.39, 0.29) is 24.2 Å². The first-order valence-corrected chi connectivity index (χ1v) is 9.09. The SMILES string of the molecule is O=C(Nc1ccc(N2CCOCC2)nc1)[C@H]1CC(=O)N(Cc2ccco2)C1. The van der Waals surface area contributed by atoms with E-state index >= 15 is 0 Å². The second kappa shape index (κ2) is 7.79. The molecule has 0 bridgehead atoms. The molecule has 4 heterocycles. The van der Waals surface area contributed by atoms with Gasteiger partial charge in [0.1, 0.15) is 11.6 Å². The maximum Gasteiger partial charge on any atom is 0.229 e. The molecule has 1 atom stereocenters. The molecule has 2 amide bonds. The second-order valence-corrected chi connectivity index (χ2v) is 6.75. The molecule has 0 radical (unpaired) electrons. The van der Waals surface area contributed by atoms with Gasteiger partial charge in [0.2, 0.25) is 11.8 Å². The average Bonchev–Trinajstić information content (AvgIpc) is 3.34. The van der Waals surface area contributed by atoms with Gasteiger partial charge in [-0.05, 0) is 24.3 Å². The molecule has 8 heteroatoms. The lowest BCUT2D eigenvalue weighted by atomic mass is 10.1. The summed E-state index contributed by atoms with van der Waals surface area (Å²) in [6.07, 6.45) is 3.44. The van der Waals surface area contributed by atoms with Crippen LogP contribution in [0.5, 0.6) is 0 Å². The van der Waals surface area contributed by atoms with Crippen molar-refractivity contribution in [2.45, 2.75) is 13.0 Å². The molecule has 8 nitrogen and oxygen atoms in total. The summed E-state index contributed by atoms with van der Waals surface area (Å²) in [6, 6.07) is 7.34. The minimum Gasteiger partial charge on any atom is -0.467 e. The second-order valence-electron chi connectivity index (χ2n) is 6.75. The number of hydrogen-bond acceptors (Lipinski definition) is 6. The molecular weight excluding hydrogens is 348 g/mol. The molecule has 0 unspecified atom stereocenters. The zero-order valence-electron chi connectivity index (χ0n) is 15.0. The summed E-state index contributed by atoms with van der Waals surface area (Å²) in [5, 5.41) is 2.87. The van der Waals surface area contributed by atoms with E-state index in [9.17, 15) is 9.59 Å². The van der Waals surface area contributed by atoms with Crippen LogP contribution in [0.3, 0.4) is 0 Å². The molecule has 2 fully saturated rings. The Morgan fingerprint density at radius 2 is 2.11 bits per heavy atom. The van der Waals surface area contributed by atoms with E-state index in [1.54, 1.807) is 23.4 Å². The Bertz CT molecular complexity index is 785. The van der Waals surface area contributed by atoms with E-state index in [0.29, 0.717) is 37.8 Å². The molecule has 0 aliphatic carbocycles. The van der Waals surface area contributed by atoms with Gasteiger partial charge >= 0.3 is 0 Å². The minimum absolute atomic E-state index is 0.0349. The summed E-state index contributed by atoms with van der Waals surface area (Å²) >= 11 is 0. The van der Waals surface area contributed by atoms with Crippen LogP contribution in [-0.4, -0.2) is 54.5 Å². The summed E-state index contributed by atoms with van der Waals surface area (Å²) in [5.74, 6) is 1.02. The third-order valence-corrected chi connectivity index (χ3v) is 4.86. The Hall–Kier alpha value is -2.87. The quantitative estimate of drug-likeness (QED) is 0.858. The molecule has 0 saturated carbocycles. The van der Waals surface area contributed by atoms with Gasteiger partial charge in [-0.15, -0.1) is 0 Å². The summed E-state index contributed by atoms with van der Waals surface area (Å²) in [7, 11) is 0. The molecule has 1 N–H and O–H groups in total. The Labute approximate surface area is 157 Å². The zero-order valence-corrected chi connectivity index (χ0v) is 15.0. The average molecular weight is 370 g/mol. The topological polar surface area (TPSA) is 87.9 Å². The maximum atomic E-state index is 12.5. The molecular formula is C19H22N4O4. The predicted molar refractivity (Wildman–Crippen MR) is 98.1 cm³/mol. The van der Waals surface area contributed by atoms with Gasteiger partial charge in [-0.1, -0.05) is 0 Å². The molecule has 142 valence electrons. The van der Waals surface area contributed by atoms with Crippen LogP contribution in [0.1, 0.15) is 12.2 Å². The number of anilines is 2. The van der Waals surface area contributed by atoms with Gasteiger partial charge in [-0.25, -0.2) is 4.98 Å². The van der Waals surface area contributed by atoms with Crippen molar-refractivity contribution < 1.29 is 18.7 Å². The van der Waals surface area contributed by atoms with E-state index in [4.69, 9.17) is 9.15 Å². The van der Waals surface area contributed by atoms with Gasteiger partial charge < -0.3 is 24.3 Å². The van der Waals surface area contributed by atoms with Crippen LogP contribution >= 0.6 is 0 Å². The Morgan fingerprint density at radius 1 is 1.26 bits per heavy atom. The van der Waals surface area contributed by atoms with Crippen molar-refractivity contribution in [3.63, 3.8) is 0 Å². The summed E-state index contributed by atoms with van der Waals surface area (Å²) in [4.78, 5) is 32.9. The number of aromatic nitrogens is 1. The van der Waals surface area contributed by atoms with Gasteiger partial charge in [0.05, 0.1) is 43.8 Å². The highest BCUT2D eigenvalue weighted by molar-refractivity contribution is 5.97. The van der Waals surface area contributed by atoms with Crippen molar-refractivity contribution in [3.8, 4) is 0 Å². The number of carbonyl (C=O) groups is 2. The van der Waals surface area contributed by atoms with Crippen molar-refractivity contribution in [3.05, 3.63) is 42.5 Å². The Kier molecular flexibility index (Phi) is 5.06. The monoisotopic (exact) mass is 370 g/mol. The van der Waals surface area contributed by atoms with Crippen molar-refractivity contribution in [1.29, 1.82) is 0 Å². The number of nitrogens with zero attached hydrogens (tertiary/aromatic N) is 3. The summed E-state index contributed by atoms with van der Waals surface area (Å²) < 4.78 is 10.6. The number of pyridine rings is 1. The largest absolute Gasteiger partial charge is 0.467 e. The maximum absolute atomic E-state index is 12.5. The molecule has 2 aliphatic heterocycles. The van der Waals surface area contributed by atoms with Crippen LogP contribution < -0.4 is 10.2 Å². The fourth-order valence-electron chi connectivity index (χ4n) is 3.38. The Morgan fingerprint density at radius 3 is 2.81 bits per heavy atom. The summed E-state index contributed by atoms with van der Waals surface area (Å²) in [5.41, 5.74) is 0.633. The van der Waals surface area contributed by atoms with Crippen LogP contribution in [0.15, 0.2) is 41.1 Å². The zero-order chi connectivity index (χ0) is 18.6.